The number of thiophene rings is 1. The van der Waals surface area contributed by atoms with Crippen LogP contribution in [0.2, 0.25) is 0 Å². The first-order valence-corrected chi connectivity index (χ1v) is 12.9. The number of pyridine rings is 1. The van der Waals surface area contributed by atoms with E-state index in [1.807, 2.05) is 69.3 Å². The van der Waals surface area contributed by atoms with Crippen LogP contribution in [-0.2, 0) is 17.6 Å². The second kappa shape index (κ2) is 9.62. The molecule has 1 aliphatic rings. The molecule has 0 unspecified atom stereocenters. The number of esters is 1. The topological polar surface area (TPSA) is 68.3 Å². The fourth-order valence-corrected chi connectivity index (χ4v) is 5.90. The van der Waals surface area contributed by atoms with E-state index in [2.05, 4.69) is 11.4 Å². The van der Waals surface area contributed by atoms with E-state index in [4.69, 9.17) is 9.72 Å². The third kappa shape index (κ3) is 4.71. The molecular weight excluding hydrogens is 456 g/mol. The van der Waals surface area contributed by atoms with Gasteiger partial charge in [0.05, 0.1) is 28.4 Å². The second-order valence-corrected chi connectivity index (χ2v) is 10.4. The van der Waals surface area contributed by atoms with Crippen LogP contribution in [0.1, 0.15) is 63.4 Å². The summed E-state index contributed by atoms with van der Waals surface area (Å²) in [5, 5.41) is 4.42. The average Bonchev–Trinajstić information content (AvgIpc) is 3.20. The van der Waals surface area contributed by atoms with E-state index in [1.165, 1.54) is 16.2 Å². The molecule has 1 aliphatic carbocycles. The Hall–Kier alpha value is -3.51. The number of amides is 1. The predicted molar refractivity (Wildman–Crippen MR) is 141 cm³/mol. The number of carbonyl (C=O) groups excluding carboxylic acids is 2. The largest absolute Gasteiger partial charge is 0.459 e. The quantitative estimate of drug-likeness (QED) is 0.311. The van der Waals surface area contributed by atoms with E-state index in [0.29, 0.717) is 16.1 Å². The first kappa shape index (κ1) is 23.2. The van der Waals surface area contributed by atoms with Crippen molar-refractivity contribution in [3.63, 3.8) is 0 Å². The van der Waals surface area contributed by atoms with Gasteiger partial charge >= 0.3 is 5.97 Å². The van der Waals surface area contributed by atoms with Gasteiger partial charge in [0.2, 0.25) is 0 Å². The first-order chi connectivity index (χ1) is 16.9. The van der Waals surface area contributed by atoms with Gasteiger partial charge < -0.3 is 10.1 Å². The molecule has 0 saturated heterocycles. The van der Waals surface area contributed by atoms with Crippen LogP contribution >= 0.6 is 11.3 Å². The summed E-state index contributed by atoms with van der Waals surface area (Å²) in [7, 11) is 0. The Balaban J connectivity index is 1.58. The molecule has 0 fully saturated rings. The molecule has 35 heavy (non-hydrogen) atoms. The number of fused-ring (bicyclic) bond motifs is 2. The number of rotatable bonds is 5. The molecule has 1 amide bonds. The lowest BCUT2D eigenvalue weighted by Gasteiger charge is -2.14. The van der Waals surface area contributed by atoms with E-state index in [-0.39, 0.29) is 18.0 Å². The van der Waals surface area contributed by atoms with Gasteiger partial charge in [-0.15, -0.1) is 11.3 Å². The van der Waals surface area contributed by atoms with E-state index >= 15 is 0 Å². The molecule has 0 bridgehead atoms. The fraction of sp³-hybridized carbons (Fsp3) is 0.276. The van der Waals surface area contributed by atoms with Crippen LogP contribution in [0, 0.1) is 6.92 Å². The summed E-state index contributed by atoms with van der Waals surface area (Å²) in [4.78, 5) is 32.7. The van der Waals surface area contributed by atoms with Gasteiger partial charge in [-0.05, 0) is 70.2 Å². The lowest BCUT2D eigenvalue weighted by atomic mass is 9.95. The Bertz CT molecular complexity index is 1440. The Morgan fingerprint density at radius 1 is 1.03 bits per heavy atom. The fourth-order valence-electron chi connectivity index (χ4n) is 4.63. The van der Waals surface area contributed by atoms with Crippen molar-refractivity contribution in [1.82, 2.24) is 4.98 Å². The second-order valence-electron chi connectivity index (χ2n) is 9.26. The molecule has 6 heteroatoms. The zero-order valence-corrected chi connectivity index (χ0v) is 21.0. The van der Waals surface area contributed by atoms with Gasteiger partial charge in [-0.25, -0.2) is 9.78 Å². The van der Waals surface area contributed by atoms with E-state index < -0.39 is 0 Å². The number of carbonyl (C=O) groups is 2. The van der Waals surface area contributed by atoms with Crippen LogP contribution < -0.4 is 5.32 Å². The molecule has 0 aliphatic heterocycles. The highest BCUT2D eigenvalue weighted by Gasteiger charge is 2.28. The number of aryl methyl sites for hydroxylation is 2. The molecule has 0 atom stereocenters. The smallest absolute Gasteiger partial charge is 0.341 e. The number of benzene rings is 2. The van der Waals surface area contributed by atoms with Gasteiger partial charge in [0, 0.05) is 15.8 Å². The van der Waals surface area contributed by atoms with E-state index in [0.717, 1.165) is 59.0 Å². The Labute approximate surface area is 209 Å². The molecule has 4 aromatic rings. The lowest BCUT2D eigenvalue weighted by molar-refractivity contribution is 0.0378. The summed E-state index contributed by atoms with van der Waals surface area (Å²) in [5.74, 6) is -0.621. The minimum absolute atomic E-state index is 0.230. The van der Waals surface area contributed by atoms with Crippen molar-refractivity contribution < 1.29 is 14.3 Å². The summed E-state index contributed by atoms with van der Waals surface area (Å²) >= 11 is 1.50. The number of hydrogen-bond acceptors (Lipinski definition) is 5. The van der Waals surface area contributed by atoms with Crippen LogP contribution in [0.15, 0.2) is 54.6 Å². The summed E-state index contributed by atoms with van der Waals surface area (Å²) in [5.41, 5.74) is 5.65. The highest BCUT2D eigenvalue weighted by molar-refractivity contribution is 7.17. The van der Waals surface area contributed by atoms with Gasteiger partial charge in [-0.1, -0.05) is 42.0 Å². The normalized spacial score (nSPS) is 13.0. The summed E-state index contributed by atoms with van der Waals surface area (Å²) < 4.78 is 5.55. The van der Waals surface area contributed by atoms with Crippen molar-refractivity contribution in [2.45, 2.75) is 52.6 Å². The standard InChI is InChI=1S/C29H28N2O3S/c1-17(2)34-29(33)26-21-12-5-7-14-25(21)35-28(26)31-27(32)22-16-24(19-10-8-9-18(3)15-19)30-23-13-6-4-11-20(22)23/h4,6,8-11,13,15-17H,5,7,12,14H2,1-3H3,(H,31,32). The minimum Gasteiger partial charge on any atom is -0.459 e. The molecule has 0 radical (unpaired) electrons. The average molecular weight is 485 g/mol. The number of nitrogens with one attached hydrogen (secondary N) is 1. The van der Waals surface area contributed by atoms with E-state index in [1.54, 1.807) is 0 Å². The van der Waals surface area contributed by atoms with Crippen molar-refractivity contribution >= 4 is 39.1 Å². The molecular formula is C29H28N2O3S. The number of nitrogens with zero attached hydrogens (tertiary/aromatic N) is 1. The molecule has 0 saturated carbocycles. The number of hydrogen-bond donors (Lipinski definition) is 1. The lowest BCUT2D eigenvalue weighted by Crippen LogP contribution is -2.18. The van der Waals surface area contributed by atoms with E-state index in [9.17, 15) is 9.59 Å². The first-order valence-electron chi connectivity index (χ1n) is 12.0. The van der Waals surface area contributed by atoms with Crippen LogP contribution in [0.25, 0.3) is 22.2 Å². The zero-order chi connectivity index (χ0) is 24.5. The molecule has 5 nitrogen and oxygen atoms in total. The minimum atomic E-state index is -0.366. The molecule has 2 heterocycles. The monoisotopic (exact) mass is 484 g/mol. The van der Waals surface area contributed by atoms with Crippen molar-refractivity contribution in [2.75, 3.05) is 5.32 Å². The third-order valence-electron chi connectivity index (χ3n) is 6.22. The van der Waals surface area contributed by atoms with Crippen molar-refractivity contribution in [3.8, 4) is 11.3 Å². The maximum atomic E-state index is 13.7. The van der Waals surface area contributed by atoms with Gasteiger partial charge in [-0.2, -0.15) is 0 Å². The molecule has 1 N–H and O–H groups in total. The molecule has 0 spiro atoms. The highest BCUT2D eigenvalue weighted by atomic mass is 32.1. The number of para-hydroxylation sites is 1. The molecule has 2 aromatic heterocycles. The van der Waals surface area contributed by atoms with Crippen LogP contribution in [0.3, 0.4) is 0 Å². The molecule has 2 aromatic carbocycles. The third-order valence-corrected chi connectivity index (χ3v) is 7.43. The molecule has 178 valence electrons. The van der Waals surface area contributed by atoms with Gasteiger partial charge in [0.25, 0.3) is 5.91 Å². The number of aromatic nitrogens is 1. The van der Waals surface area contributed by atoms with Crippen LogP contribution in [0.5, 0.6) is 0 Å². The van der Waals surface area contributed by atoms with Gasteiger partial charge in [0.15, 0.2) is 0 Å². The Morgan fingerprint density at radius 2 is 1.83 bits per heavy atom. The van der Waals surface area contributed by atoms with Gasteiger partial charge in [0.1, 0.15) is 5.00 Å². The van der Waals surface area contributed by atoms with Crippen LogP contribution in [-0.4, -0.2) is 23.0 Å². The van der Waals surface area contributed by atoms with Gasteiger partial charge in [-0.3, -0.25) is 4.79 Å². The number of ether oxygens (including phenoxy) is 1. The van der Waals surface area contributed by atoms with Crippen molar-refractivity contribution in [1.29, 1.82) is 0 Å². The zero-order valence-electron chi connectivity index (χ0n) is 20.2. The van der Waals surface area contributed by atoms with Crippen molar-refractivity contribution in [2.24, 2.45) is 0 Å². The van der Waals surface area contributed by atoms with Crippen LogP contribution in [0.4, 0.5) is 5.00 Å². The summed E-state index contributed by atoms with van der Waals surface area (Å²) in [6, 6.07) is 17.6. The van der Waals surface area contributed by atoms with Crippen molar-refractivity contribution in [3.05, 3.63) is 81.7 Å². The SMILES string of the molecule is Cc1cccc(-c2cc(C(=O)Nc3sc4c(c3C(=O)OC(C)C)CCCC4)c3ccccc3n2)c1. The summed E-state index contributed by atoms with van der Waals surface area (Å²) in [6.07, 6.45) is 3.65. The molecule has 5 rings (SSSR count). The number of anilines is 1. The highest BCUT2D eigenvalue weighted by Crippen LogP contribution is 2.39. The Morgan fingerprint density at radius 3 is 2.63 bits per heavy atom. The maximum Gasteiger partial charge on any atom is 0.341 e. The maximum absolute atomic E-state index is 13.7. The summed E-state index contributed by atoms with van der Waals surface area (Å²) in [6.45, 7) is 5.71. The Kier molecular flexibility index (Phi) is 6.39. The predicted octanol–water partition coefficient (Wildman–Crippen LogP) is 6.97.